The zero-order valence-electron chi connectivity index (χ0n) is 11.0. The minimum Gasteiger partial charge on any atom is -0.356 e. The third kappa shape index (κ3) is 4.19. The van der Waals surface area contributed by atoms with Crippen molar-refractivity contribution in [3.8, 4) is 0 Å². The first kappa shape index (κ1) is 12.7. The lowest BCUT2D eigenvalue weighted by Crippen LogP contribution is -2.43. The van der Waals surface area contributed by atoms with Crippen LogP contribution in [0.5, 0.6) is 0 Å². The molecule has 0 bridgehead atoms. The van der Waals surface area contributed by atoms with E-state index in [4.69, 9.17) is 0 Å². The summed E-state index contributed by atoms with van der Waals surface area (Å²) in [6.07, 6.45) is 6.55. The topological polar surface area (TPSA) is 39.7 Å². The molecule has 0 aromatic carbocycles. The Morgan fingerprint density at radius 3 is 2.82 bits per heavy atom. The molecule has 0 saturated carbocycles. The Hall–Kier alpha value is -0.770. The van der Waals surface area contributed by atoms with Crippen LogP contribution in [0, 0.1) is 0 Å². The second-order valence-electron chi connectivity index (χ2n) is 5.17. The van der Waals surface area contributed by atoms with E-state index in [1.165, 1.54) is 38.8 Å². The molecule has 0 aromatic heterocycles. The summed E-state index contributed by atoms with van der Waals surface area (Å²) >= 11 is 0. The summed E-state index contributed by atoms with van der Waals surface area (Å²) in [6, 6.07) is 0.701. The van der Waals surface area contributed by atoms with Crippen molar-refractivity contribution in [2.45, 2.75) is 45.1 Å². The number of likely N-dealkylation sites (tertiary alicyclic amines) is 1. The number of nitrogens with zero attached hydrogens (tertiary/aromatic N) is 2. The van der Waals surface area contributed by atoms with Crippen LogP contribution in [-0.4, -0.2) is 49.6 Å². The van der Waals surface area contributed by atoms with Gasteiger partial charge < -0.3 is 15.5 Å². The first-order valence-corrected chi connectivity index (χ1v) is 7.12. The van der Waals surface area contributed by atoms with E-state index < -0.39 is 0 Å². The van der Waals surface area contributed by atoms with Crippen molar-refractivity contribution in [3.05, 3.63) is 0 Å². The van der Waals surface area contributed by atoms with Gasteiger partial charge in [0, 0.05) is 25.7 Å². The maximum absolute atomic E-state index is 4.42. The second-order valence-corrected chi connectivity index (χ2v) is 5.17. The Morgan fingerprint density at radius 1 is 1.29 bits per heavy atom. The highest BCUT2D eigenvalue weighted by atomic mass is 15.2. The fourth-order valence-corrected chi connectivity index (χ4v) is 2.59. The summed E-state index contributed by atoms with van der Waals surface area (Å²) in [4.78, 5) is 7.05. The van der Waals surface area contributed by atoms with Gasteiger partial charge in [0.25, 0.3) is 0 Å². The van der Waals surface area contributed by atoms with E-state index in [-0.39, 0.29) is 0 Å². The van der Waals surface area contributed by atoms with Crippen LogP contribution in [0.25, 0.3) is 0 Å². The van der Waals surface area contributed by atoms with Gasteiger partial charge in [-0.2, -0.15) is 0 Å². The lowest BCUT2D eigenvalue weighted by atomic mass is 10.1. The van der Waals surface area contributed by atoms with Gasteiger partial charge in [-0.3, -0.25) is 4.99 Å². The number of hydrogen-bond donors (Lipinski definition) is 2. The molecule has 1 atom stereocenters. The van der Waals surface area contributed by atoms with Gasteiger partial charge in [0.2, 0.25) is 0 Å². The lowest BCUT2D eigenvalue weighted by Gasteiger charge is -2.32. The van der Waals surface area contributed by atoms with E-state index in [0.29, 0.717) is 6.04 Å². The molecule has 2 aliphatic rings. The van der Waals surface area contributed by atoms with Gasteiger partial charge >= 0.3 is 0 Å². The summed E-state index contributed by atoms with van der Waals surface area (Å²) in [6.45, 7) is 8.00. The van der Waals surface area contributed by atoms with Crippen molar-refractivity contribution in [2.24, 2.45) is 4.99 Å². The van der Waals surface area contributed by atoms with Gasteiger partial charge in [-0.1, -0.05) is 6.42 Å². The van der Waals surface area contributed by atoms with Crippen LogP contribution in [0.3, 0.4) is 0 Å². The molecule has 1 unspecified atom stereocenters. The zero-order chi connectivity index (χ0) is 11.9. The molecule has 2 heterocycles. The molecule has 98 valence electrons. The molecule has 4 nitrogen and oxygen atoms in total. The second kappa shape index (κ2) is 6.84. The molecule has 2 N–H and O–H groups in total. The molecule has 0 amide bonds. The maximum atomic E-state index is 4.42. The average Bonchev–Trinajstić information content (AvgIpc) is 2.41. The summed E-state index contributed by atoms with van der Waals surface area (Å²) in [5.41, 5.74) is 0. The number of guanidine groups is 1. The Morgan fingerprint density at radius 2 is 2.12 bits per heavy atom. The molecule has 1 fully saturated rings. The Kier molecular flexibility index (Phi) is 5.10. The predicted octanol–water partition coefficient (Wildman–Crippen LogP) is 1.19. The fraction of sp³-hybridized carbons (Fsp3) is 0.923. The van der Waals surface area contributed by atoms with E-state index in [1.54, 1.807) is 0 Å². The summed E-state index contributed by atoms with van der Waals surface area (Å²) < 4.78 is 0. The smallest absolute Gasteiger partial charge is 0.191 e. The van der Waals surface area contributed by atoms with Gasteiger partial charge in [-0.25, -0.2) is 0 Å². The van der Waals surface area contributed by atoms with Gasteiger partial charge in [-0.05, 0) is 45.7 Å². The Balaban J connectivity index is 1.61. The van der Waals surface area contributed by atoms with E-state index in [2.05, 4.69) is 27.4 Å². The van der Waals surface area contributed by atoms with Crippen molar-refractivity contribution in [3.63, 3.8) is 0 Å². The molecule has 0 spiro atoms. The Bertz CT molecular complexity index is 246. The van der Waals surface area contributed by atoms with Crippen molar-refractivity contribution in [1.29, 1.82) is 0 Å². The van der Waals surface area contributed by atoms with Crippen LogP contribution < -0.4 is 10.6 Å². The van der Waals surface area contributed by atoms with E-state index in [0.717, 1.165) is 32.0 Å². The molecule has 0 radical (unpaired) electrons. The zero-order valence-corrected chi connectivity index (χ0v) is 11.0. The highest BCUT2D eigenvalue weighted by molar-refractivity contribution is 5.80. The van der Waals surface area contributed by atoms with Crippen molar-refractivity contribution in [2.75, 3.05) is 32.7 Å². The first-order valence-electron chi connectivity index (χ1n) is 7.12. The van der Waals surface area contributed by atoms with Gasteiger partial charge in [0.15, 0.2) is 5.96 Å². The minimum absolute atomic E-state index is 0.701. The number of nitrogens with one attached hydrogen (secondary N) is 2. The van der Waals surface area contributed by atoms with Crippen molar-refractivity contribution < 1.29 is 0 Å². The summed E-state index contributed by atoms with van der Waals surface area (Å²) in [7, 11) is 0. The van der Waals surface area contributed by atoms with Crippen molar-refractivity contribution in [1.82, 2.24) is 15.5 Å². The third-order valence-electron chi connectivity index (χ3n) is 3.77. The van der Waals surface area contributed by atoms with Crippen LogP contribution in [0.1, 0.15) is 39.0 Å². The lowest BCUT2D eigenvalue weighted by molar-refractivity contribution is 0.167. The number of rotatable bonds is 4. The van der Waals surface area contributed by atoms with Crippen LogP contribution in [0.15, 0.2) is 4.99 Å². The third-order valence-corrected chi connectivity index (χ3v) is 3.77. The molecule has 0 aromatic rings. The van der Waals surface area contributed by atoms with Crippen LogP contribution >= 0.6 is 0 Å². The van der Waals surface area contributed by atoms with Crippen LogP contribution in [0.2, 0.25) is 0 Å². The normalized spacial score (nSPS) is 23.7. The molecular formula is C13H26N4. The number of hydrogen-bond acceptors (Lipinski definition) is 4. The average molecular weight is 238 g/mol. The molecule has 2 aliphatic heterocycles. The quantitative estimate of drug-likeness (QED) is 0.773. The van der Waals surface area contributed by atoms with E-state index in [9.17, 15) is 0 Å². The highest BCUT2D eigenvalue weighted by Crippen LogP contribution is 2.13. The molecule has 17 heavy (non-hydrogen) atoms. The number of aliphatic imine (C=N–C) groups is 1. The van der Waals surface area contributed by atoms with Gasteiger partial charge in [0.05, 0.1) is 0 Å². The van der Waals surface area contributed by atoms with Crippen LogP contribution in [-0.2, 0) is 0 Å². The SMILES string of the molecule is CC(CCNC1=NCCCN1)N1CCCCC1. The standard InChI is InChI=1S/C13H26N4/c1-12(17-10-3-2-4-11-17)6-9-16-13-14-7-5-8-15-13/h12H,2-11H2,1H3,(H2,14,15,16). The summed E-state index contributed by atoms with van der Waals surface area (Å²) in [5, 5.41) is 6.70. The predicted molar refractivity (Wildman–Crippen MR) is 72.4 cm³/mol. The van der Waals surface area contributed by atoms with Crippen molar-refractivity contribution >= 4 is 5.96 Å². The minimum atomic E-state index is 0.701. The largest absolute Gasteiger partial charge is 0.356 e. The first-order chi connectivity index (χ1) is 8.36. The Labute approximate surface area is 105 Å². The maximum Gasteiger partial charge on any atom is 0.191 e. The summed E-state index contributed by atoms with van der Waals surface area (Å²) in [5.74, 6) is 1.00. The molecule has 2 rings (SSSR count). The number of piperidine rings is 1. The monoisotopic (exact) mass is 238 g/mol. The van der Waals surface area contributed by atoms with Gasteiger partial charge in [0.1, 0.15) is 0 Å². The van der Waals surface area contributed by atoms with E-state index in [1.807, 2.05) is 0 Å². The highest BCUT2D eigenvalue weighted by Gasteiger charge is 2.16. The van der Waals surface area contributed by atoms with Crippen LogP contribution in [0.4, 0.5) is 0 Å². The fourth-order valence-electron chi connectivity index (χ4n) is 2.59. The van der Waals surface area contributed by atoms with E-state index >= 15 is 0 Å². The molecular weight excluding hydrogens is 212 g/mol. The molecule has 0 aliphatic carbocycles. The molecule has 1 saturated heterocycles. The van der Waals surface area contributed by atoms with Gasteiger partial charge in [-0.15, -0.1) is 0 Å². The molecule has 4 heteroatoms.